The number of nitrogens with one attached hydrogen (secondary N) is 1. The number of carbonyl (C=O) groups excluding carboxylic acids is 1. The summed E-state index contributed by atoms with van der Waals surface area (Å²) >= 11 is 0.978. The van der Waals surface area contributed by atoms with Crippen LogP contribution in [0.1, 0.15) is 30.5 Å². The van der Waals surface area contributed by atoms with Crippen LogP contribution in [0.5, 0.6) is 0 Å². The van der Waals surface area contributed by atoms with Gasteiger partial charge in [0.1, 0.15) is 5.01 Å². The quantitative estimate of drug-likeness (QED) is 0.581. The monoisotopic (exact) mass is 432 g/mol. The predicted molar refractivity (Wildman–Crippen MR) is 106 cm³/mol. The lowest BCUT2D eigenvalue weighted by atomic mass is 10.2. The third kappa shape index (κ3) is 5.39. The number of likely N-dealkylation sites (tertiary alicyclic amines) is 1. The number of aromatic nitrogens is 1. The first-order valence-electron chi connectivity index (χ1n) is 9.79. The van der Waals surface area contributed by atoms with E-state index in [9.17, 15) is 18.0 Å². The van der Waals surface area contributed by atoms with Gasteiger partial charge in [0.15, 0.2) is 11.7 Å². The van der Waals surface area contributed by atoms with Gasteiger partial charge in [-0.05, 0) is 19.8 Å². The average molecular weight is 433 g/mol. The molecule has 1 N–H and O–H groups in total. The number of halogens is 3. The number of amides is 1. The fraction of sp³-hybridized carbons (Fsp3) is 0.722. The highest BCUT2D eigenvalue weighted by Gasteiger charge is 2.34. The molecule has 2 fully saturated rings. The second-order valence-electron chi connectivity index (χ2n) is 7.26. The Morgan fingerprint density at radius 2 is 1.86 bits per heavy atom. The summed E-state index contributed by atoms with van der Waals surface area (Å²) in [6.45, 7) is 6.72. The van der Waals surface area contributed by atoms with Gasteiger partial charge in [-0.3, -0.25) is 14.7 Å². The summed E-state index contributed by atoms with van der Waals surface area (Å²) in [6.07, 6.45) is -2.26. The number of rotatable bonds is 4. The molecule has 3 rings (SSSR count). The van der Waals surface area contributed by atoms with Gasteiger partial charge in [0, 0.05) is 51.7 Å². The molecule has 0 radical (unpaired) electrons. The zero-order chi connectivity index (χ0) is 21.0. The highest BCUT2D eigenvalue weighted by molar-refractivity contribution is 7.09. The summed E-state index contributed by atoms with van der Waals surface area (Å²) in [4.78, 5) is 26.7. The van der Waals surface area contributed by atoms with E-state index < -0.39 is 11.9 Å². The van der Waals surface area contributed by atoms with E-state index in [0.29, 0.717) is 24.1 Å². The molecule has 0 saturated carbocycles. The van der Waals surface area contributed by atoms with E-state index in [0.717, 1.165) is 55.7 Å². The Hall–Kier alpha value is -1.88. The largest absolute Gasteiger partial charge is 0.434 e. The summed E-state index contributed by atoms with van der Waals surface area (Å²) in [5, 5.41) is 4.48. The molecule has 2 aliphatic heterocycles. The molecule has 3 heterocycles. The van der Waals surface area contributed by atoms with E-state index in [1.165, 1.54) is 0 Å². The van der Waals surface area contributed by atoms with Crippen LogP contribution in [-0.4, -0.2) is 83.9 Å². The number of hydrogen-bond donors (Lipinski definition) is 1. The summed E-state index contributed by atoms with van der Waals surface area (Å²) < 4.78 is 38.0. The number of piperazine rings is 1. The van der Waals surface area contributed by atoms with Gasteiger partial charge in [0.05, 0.1) is 12.6 Å². The number of carbonyl (C=O) groups is 1. The number of alkyl halides is 3. The van der Waals surface area contributed by atoms with Crippen molar-refractivity contribution in [2.24, 2.45) is 4.99 Å². The van der Waals surface area contributed by atoms with Crippen molar-refractivity contribution < 1.29 is 18.0 Å². The molecule has 2 saturated heterocycles. The standard InChI is InChI=1S/C18H27F3N6OS/c1-13(16(28)26-5-3-4-6-26)25-7-9-27(10-8-25)17(22-2)23-11-15-24-14(12-29-15)18(19,20)21/h12-13H,3-11H2,1-2H3,(H,22,23). The Balaban J connectivity index is 1.48. The lowest BCUT2D eigenvalue weighted by Gasteiger charge is -2.39. The van der Waals surface area contributed by atoms with Crippen LogP contribution in [0.15, 0.2) is 10.4 Å². The Morgan fingerprint density at radius 3 is 2.41 bits per heavy atom. The lowest BCUT2D eigenvalue weighted by molar-refractivity contribution is -0.140. The minimum Gasteiger partial charge on any atom is -0.350 e. The second-order valence-corrected chi connectivity index (χ2v) is 8.20. The third-order valence-electron chi connectivity index (χ3n) is 5.39. The van der Waals surface area contributed by atoms with Gasteiger partial charge in [-0.2, -0.15) is 13.2 Å². The smallest absolute Gasteiger partial charge is 0.350 e. The third-order valence-corrected chi connectivity index (χ3v) is 6.24. The van der Waals surface area contributed by atoms with Crippen LogP contribution in [0.2, 0.25) is 0 Å². The van der Waals surface area contributed by atoms with E-state index in [1.54, 1.807) is 7.05 Å². The van der Waals surface area contributed by atoms with Crippen LogP contribution >= 0.6 is 11.3 Å². The summed E-state index contributed by atoms with van der Waals surface area (Å²) in [7, 11) is 1.65. The van der Waals surface area contributed by atoms with Crippen molar-refractivity contribution in [3.05, 3.63) is 16.1 Å². The zero-order valence-corrected chi connectivity index (χ0v) is 17.5. The van der Waals surface area contributed by atoms with Crippen molar-refractivity contribution in [1.29, 1.82) is 0 Å². The minimum atomic E-state index is -4.42. The molecule has 162 valence electrons. The number of aliphatic imine (C=N–C) groups is 1. The van der Waals surface area contributed by atoms with Gasteiger partial charge in [-0.15, -0.1) is 11.3 Å². The van der Waals surface area contributed by atoms with Crippen molar-refractivity contribution in [3.63, 3.8) is 0 Å². The highest BCUT2D eigenvalue weighted by Crippen LogP contribution is 2.29. The molecule has 0 bridgehead atoms. The van der Waals surface area contributed by atoms with E-state index >= 15 is 0 Å². The Kier molecular flexibility index (Phi) is 6.99. The van der Waals surface area contributed by atoms with Gasteiger partial charge in [-0.25, -0.2) is 4.98 Å². The van der Waals surface area contributed by atoms with E-state index in [4.69, 9.17) is 0 Å². The van der Waals surface area contributed by atoms with Crippen LogP contribution in [-0.2, 0) is 17.5 Å². The van der Waals surface area contributed by atoms with Crippen LogP contribution < -0.4 is 5.32 Å². The fourth-order valence-corrected chi connectivity index (χ4v) is 4.43. The van der Waals surface area contributed by atoms with Crippen LogP contribution in [0.3, 0.4) is 0 Å². The van der Waals surface area contributed by atoms with Crippen LogP contribution in [0.4, 0.5) is 13.2 Å². The highest BCUT2D eigenvalue weighted by atomic mass is 32.1. The average Bonchev–Trinajstić information content (AvgIpc) is 3.39. The van der Waals surface area contributed by atoms with Crippen LogP contribution in [0.25, 0.3) is 0 Å². The summed E-state index contributed by atoms with van der Waals surface area (Å²) in [5.74, 6) is 0.828. The zero-order valence-electron chi connectivity index (χ0n) is 16.7. The molecule has 0 spiro atoms. The first kappa shape index (κ1) is 21.8. The first-order valence-corrected chi connectivity index (χ1v) is 10.7. The van der Waals surface area contributed by atoms with Crippen molar-refractivity contribution in [2.45, 2.75) is 38.5 Å². The van der Waals surface area contributed by atoms with Gasteiger partial charge in [0.2, 0.25) is 5.91 Å². The molecule has 29 heavy (non-hydrogen) atoms. The molecule has 11 heteroatoms. The van der Waals surface area contributed by atoms with Gasteiger partial charge in [-0.1, -0.05) is 0 Å². The number of hydrogen-bond acceptors (Lipinski definition) is 5. The van der Waals surface area contributed by atoms with Gasteiger partial charge < -0.3 is 15.1 Å². The molecular formula is C18H27F3N6OS. The lowest BCUT2D eigenvalue weighted by Crippen LogP contribution is -2.57. The number of guanidine groups is 1. The normalized spacial score (nSPS) is 20.2. The molecule has 0 aliphatic carbocycles. The molecule has 1 aromatic heterocycles. The molecule has 7 nitrogen and oxygen atoms in total. The van der Waals surface area contributed by atoms with Gasteiger partial charge in [0.25, 0.3) is 0 Å². The molecule has 0 aromatic carbocycles. The minimum absolute atomic E-state index is 0.138. The second kappa shape index (κ2) is 9.29. The maximum Gasteiger partial charge on any atom is 0.434 e. The Labute approximate surface area is 172 Å². The SMILES string of the molecule is CN=C(NCc1nc(C(F)(F)F)cs1)N1CCN(C(C)C(=O)N2CCCC2)CC1. The van der Waals surface area contributed by atoms with E-state index in [1.807, 2.05) is 11.8 Å². The van der Waals surface area contributed by atoms with Crippen LogP contribution in [0, 0.1) is 0 Å². The number of nitrogens with zero attached hydrogens (tertiary/aromatic N) is 5. The fourth-order valence-electron chi connectivity index (χ4n) is 3.69. The summed E-state index contributed by atoms with van der Waals surface area (Å²) in [5.41, 5.74) is -0.862. The maximum absolute atomic E-state index is 12.7. The molecule has 1 amide bonds. The molecule has 1 atom stereocenters. The van der Waals surface area contributed by atoms with Crippen molar-refractivity contribution in [1.82, 2.24) is 25.0 Å². The van der Waals surface area contributed by atoms with Crippen molar-refractivity contribution >= 4 is 23.2 Å². The molecule has 1 unspecified atom stereocenters. The van der Waals surface area contributed by atoms with E-state index in [-0.39, 0.29) is 18.5 Å². The van der Waals surface area contributed by atoms with Crippen molar-refractivity contribution in [3.8, 4) is 0 Å². The number of thiazole rings is 1. The maximum atomic E-state index is 12.7. The van der Waals surface area contributed by atoms with E-state index in [2.05, 4.69) is 25.1 Å². The molecule has 1 aromatic rings. The van der Waals surface area contributed by atoms with Gasteiger partial charge >= 0.3 is 6.18 Å². The van der Waals surface area contributed by atoms with Crippen molar-refractivity contribution in [2.75, 3.05) is 46.3 Å². The summed E-state index contributed by atoms with van der Waals surface area (Å²) in [6, 6.07) is -0.138. The molecular weight excluding hydrogens is 405 g/mol. The molecule has 2 aliphatic rings. The Morgan fingerprint density at radius 1 is 1.21 bits per heavy atom. The predicted octanol–water partition coefficient (Wildman–Crippen LogP) is 1.87. The first-order chi connectivity index (χ1) is 13.8. The topological polar surface area (TPSA) is 64.1 Å². The Bertz CT molecular complexity index is 723.